The van der Waals surface area contributed by atoms with Crippen LogP contribution in [0.25, 0.3) is 16.3 Å². The fourth-order valence-electron chi connectivity index (χ4n) is 3.40. The van der Waals surface area contributed by atoms with Crippen LogP contribution < -0.4 is 4.90 Å². The summed E-state index contributed by atoms with van der Waals surface area (Å²) < 4.78 is 6.87. The zero-order chi connectivity index (χ0) is 20.4. The molecule has 1 amide bonds. The molecule has 1 aliphatic rings. The molecule has 150 valence electrons. The first-order chi connectivity index (χ1) is 14.0. The third-order valence-electron chi connectivity index (χ3n) is 5.21. The van der Waals surface area contributed by atoms with E-state index in [4.69, 9.17) is 21.3 Å². The Morgan fingerprint density at radius 2 is 2.10 bits per heavy atom. The molecule has 0 radical (unpaired) electrons. The summed E-state index contributed by atoms with van der Waals surface area (Å²) in [6.07, 6.45) is 5.36. The topological polar surface area (TPSA) is 42.4 Å². The lowest BCUT2D eigenvalue weighted by atomic mass is 10.1. The maximum absolute atomic E-state index is 13.1. The number of carbonyl (C=O) groups is 1. The molecule has 4 nitrogen and oxygen atoms in total. The van der Waals surface area contributed by atoms with Crippen LogP contribution in [0.15, 0.2) is 42.5 Å². The SMILES string of the molecule is Cc1cc2nc(N(CC3CCCO3)C(=O)/C=C/c3ccccc3Cl)sc2cc1C. The third kappa shape index (κ3) is 4.53. The van der Waals surface area contributed by atoms with Crippen molar-refractivity contribution in [2.45, 2.75) is 32.8 Å². The van der Waals surface area contributed by atoms with E-state index in [1.807, 2.05) is 24.3 Å². The second kappa shape index (κ2) is 8.66. The van der Waals surface area contributed by atoms with E-state index >= 15 is 0 Å². The quantitative estimate of drug-likeness (QED) is 0.485. The van der Waals surface area contributed by atoms with Crippen LogP contribution in [0.3, 0.4) is 0 Å². The van der Waals surface area contributed by atoms with Crippen LogP contribution in [0.1, 0.15) is 29.5 Å². The number of halogens is 1. The number of rotatable bonds is 5. The molecule has 1 fully saturated rings. The number of anilines is 1. The van der Waals surface area contributed by atoms with Crippen molar-refractivity contribution in [3.63, 3.8) is 0 Å². The zero-order valence-electron chi connectivity index (χ0n) is 16.5. The molecule has 6 heteroatoms. The number of fused-ring (bicyclic) bond motifs is 1. The van der Waals surface area contributed by atoms with Crippen molar-refractivity contribution >= 4 is 50.3 Å². The van der Waals surface area contributed by atoms with E-state index in [1.54, 1.807) is 28.4 Å². The van der Waals surface area contributed by atoms with Gasteiger partial charge in [0.25, 0.3) is 5.91 Å². The normalized spacial score (nSPS) is 16.7. The number of thiazole rings is 1. The van der Waals surface area contributed by atoms with Gasteiger partial charge in [-0.05, 0) is 67.7 Å². The molecule has 1 atom stereocenters. The largest absolute Gasteiger partial charge is 0.376 e. The molecule has 1 unspecified atom stereocenters. The maximum Gasteiger partial charge on any atom is 0.252 e. The van der Waals surface area contributed by atoms with E-state index < -0.39 is 0 Å². The van der Waals surface area contributed by atoms with Crippen LogP contribution in [0.5, 0.6) is 0 Å². The number of benzene rings is 2. The number of hydrogen-bond donors (Lipinski definition) is 0. The lowest BCUT2D eigenvalue weighted by Crippen LogP contribution is -2.36. The molecular weight excluding hydrogens is 404 g/mol. The molecule has 0 saturated carbocycles. The smallest absolute Gasteiger partial charge is 0.252 e. The first-order valence-electron chi connectivity index (χ1n) is 9.75. The molecule has 1 saturated heterocycles. The summed E-state index contributed by atoms with van der Waals surface area (Å²) in [6, 6.07) is 11.7. The van der Waals surface area contributed by atoms with Gasteiger partial charge < -0.3 is 4.74 Å². The minimum absolute atomic E-state index is 0.0446. The molecule has 0 N–H and O–H groups in total. The number of aromatic nitrogens is 1. The van der Waals surface area contributed by atoms with Gasteiger partial charge >= 0.3 is 0 Å². The standard InChI is InChI=1S/C23H23ClN2O2S/c1-15-12-20-21(13-16(15)2)29-23(25-20)26(14-18-7-5-11-28-18)22(27)10-9-17-6-3-4-8-19(17)24/h3-4,6,8-10,12-13,18H,5,7,11,14H2,1-2H3/b10-9+. The van der Waals surface area contributed by atoms with Gasteiger partial charge in [-0.15, -0.1) is 0 Å². The Bertz CT molecular complexity index is 1030. The summed E-state index contributed by atoms with van der Waals surface area (Å²) >= 11 is 7.76. The Morgan fingerprint density at radius 1 is 1.31 bits per heavy atom. The summed E-state index contributed by atoms with van der Waals surface area (Å²) in [5.74, 6) is -0.118. The molecule has 29 heavy (non-hydrogen) atoms. The molecular formula is C23H23ClN2O2S. The Kier molecular flexibility index (Phi) is 5.99. The highest BCUT2D eigenvalue weighted by molar-refractivity contribution is 7.22. The maximum atomic E-state index is 13.1. The monoisotopic (exact) mass is 426 g/mol. The van der Waals surface area contributed by atoms with Gasteiger partial charge in [0.05, 0.1) is 22.9 Å². The molecule has 2 aromatic carbocycles. The molecule has 0 bridgehead atoms. The minimum Gasteiger partial charge on any atom is -0.376 e. The van der Waals surface area contributed by atoms with Gasteiger partial charge in [-0.2, -0.15) is 0 Å². The Hall–Kier alpha value is -2.21. The van der Waals surface area contributed by atoms with E-state index in [9.17, 15) is 4.79 Å². The van der Waals surface area contributed by atoms with Crippen LogP contribution in [-0.4, -0.2) is 30.1 Å². The summed E-state index contributed by atoms with van der Waals surface area (Å²) in [5.41, 5.74) is 4.16. The highest BCUT2D eigenvalue weighted by Gasteiger charge is 2.25. The van der Waals surface area contributed by atoms with E-state index in [-0.39, 0.29) is 12.0 Å². The first-order valence-corrected chi connectivity index (χ1v) is 10.9. The van der Waals surface area contributed by atoms with E-state index in [0.29, 0.717) is 16.7 Å². The van der Waals surface area contributed by atoms with Crippen molar-refractivity contribution in [3.8, 4) is 0 Å². The highest BCUT2D eigenvalue weighted by atomic mass is 35.5. The predicted molar refractivity (Wildman–Crippen MR) is 121 cm³/mol. The Balaban J connectivity index is 1.65. The van der Waals surface area contributed by atoms with Gasteiger partial charge in [-0.3, -0.25) is 9.69 Å². The Morgan fingerprint density at radius 3 is 2.86 bits per heavy atom. The van der Waals surface area contributed by atoms with Gasteiger partial charge in [-0.25, -0.2) is 4.98 Å². The molecule has 0 spiro atoms. The fourth-order valence-corrected chi connectivity index (χ4v) is 4.66. The molecule has 1 aromatic heterocycles. The summed E-state index contributed by atoms with van der Waals surface area (Å²) in [6.45, 7) is 5.43. The average molecular weight is 427 g/mol. The molecule has 3 aromatic rings. The van der Waals surface area contributed by atoms with Crippen LogP contribution in [0, 0.1) is 13.8 Å². The van der Waals surface area contributed by atoms with E-state index in [1.165, 1.54) is 11.1 Å². The van der Waals surface area contributed by atoms with Crippen LogP contribution in [-0.2, 0) is 9.53 Å². The predicted octanol–water partition coefficient (Wildman–Crippen LogP) is 5.79. The number of nitrogens with zero attached hydrogens (tertiary/aromatic N) is 2. The molecule has 4 rings (SSSR count). The van der Waals surface area contributed by atoms with Gasteiger partial charge in [0.1, 0.15) is 0 Å². The van der Waals surface area contributed by atoms with Gasteiger partial charge in [0.15, 0.2) is 5.13 Å². The molecule has 2 heterocycles. The van der Waals surface area contributed by atoms with Crippen LogP contribution in [0.2, 0.25) is 5.02 Å². The fraction of sp³-hybridized carbons (Fsp3) is 0.304. The number of amides is 1. The zero-order valence-corrected chi connectivity index (χ0v) is 18.1. The van der Waals surface area contributed by atoms with E-state index in [2.05, 4.69) is 26.0 Å². The number of ether oxygens (including phenoxy) is 1. The Labute approximate surface area is 179 Å². The second-order valence-corrected chi connectivity index (χ2v) is 8.76. The van der Waals surface area contributed by atoms with Crippen molar-refractivity contribution in [2.75, 3.05) is 18.1 Å². The lowest BCUT2D eigenvalue weighted by Gasteiger charge is -2.21. The van der Waals surface area contributed by atoms with Gasteiger partial charge in [0, 0.05) is 17.7 Å². The van der Waals surface area contributed by atoms with Crippen molar-refractivity contribution in [1.29, 1.82) is 0 Å². The van der Waals surface area contributed by atoms with Crippen molar-refractivity contribution in [2.24, 2.45) is 0 Å². The number of aryl methyl sites for hydroxylation is 2. The third-order valence-corrected chi connectivity index (χ3v) is 6.60. The average Bonchev–Trinajstić information content (AvgIpc) is 3.35. The van der Waals surface area contributed by atoms with E-state index in [0.717, 1.165) is 35.2 Å². The van der Waals surface area contributed by atoms with Crippen molar-refractivity contribution in [1.82, 2.24) is 4.98 Å². The van der Waals surface area contributed by atoms with Crippen LogP contribution in [0.4, 0.5) is 5.13 Å². The highest BCUT2D eigenvalue weighted by Crippen LogP contribution is 2.32. The summed E-state index contributed by atoms with van der Waals surface area (Å²) in [7, 11) is 0. The first kappa shape index (κ1) is 20.1. The van der Waals surface area contributed by atoms with Gasteiger partial charge in [-0.1, -0.05) is 41.1 Å². The minimum atomic E-state index is -0.118. The lowest BCUT2D eigenvalue weighted by molar-refractivity contribution is -0.114. The number of carbonyl (C=O) groups excluding carboxylic acids is 1. The summed E-state index contributed by atoms with van der Waals surface area (Å²) in [5, 5.41) is 1.32. The molecule has 0 aliphatic carbocycles. The second-order valence-electron chi connectivity index (χ2n) is 7.34. The van der Waals surface area contributed by atoms with Crippen LogP contribution >= 0.6 is 22.9 Å². The van der Waals surface area contributed by atoms with Crippen molar-refractivity contribution in [3.05, 3.63) is 64.2 Å². The molecule has 1 aliphatic heterocycles. The number of hydrogen-bond acceptors (Lipinski definition) is 4. The van der Waals surface area contributed by atoms with Crippen molar-refractivity contribution < 1.29 is 9.53 Å². The van der Waals surface area contributed by atoms with Gasteiger partial charge in [0.2, 0.25) is 0 Å². The summed E-state index contributed by atoms with van der Waals surface area (Å²) in [4.78, 5) is 19.6.